The van der Waals surface area contributed by atoms with Crippen LogP contribution >= 0.6 is 0 Å². The van der Waals surface area contributed by atoms with E-state index in [1.54, 1.807) is 24.3 Å². The van der Waals surface area contributed by atoms with Gasteiger partial charge in [-0.3, -0.25) is 0 Å². The van der Waals surface area contributed by atoms with Crippen LogP contribution in [0.4, 0.5) is 0 Å². The Morgan fingerprint density at radius 3 is 2.32 bits per heavy atom. The molecule has 1 heterocycles. The number of rotatable bonds is 4. The van der Waals surface area contributed by atoms with Crippen molar-refractivity contribution < 1.29 is 18.3 Å². The van der Waals surface area contributed by atoms with Gasteiger partial charge in [0.1, 0.15) is 5.75 Å². The Bertz CT molecular complexity index is 648. The monoisotopic (exact) mass is 279 g/mol. The van der Waals surface area contributed by atoms with Crippen LogP contribution in [0.25, 0.3) is 0 Å². The Balaban J connectivity index is 2.15. The second-order valence-corrected chi connectivity index (χ2v) is 6.02. The van der Waals surface area contributed by atoms with Crippen molar-refractivity contribution in [3.05, 3.63) is 48.2 Å². The third-order valence-corrected chi connectivity index (χ3v) is 3.58. The van der Waals surface area contributed by atoms with Gasteiger partial charge in [0.15, 0.2) is 9.84 Å². The van der Waals surface area contributed by atoms with Gasteiger partial charge >= 0.3 is 0 Å². The van der Waals surface area contributed by atoms with Crippen molar-refractivity contribution in [2.24, 2.45) is 0 Å². The number of nitrogens with zero attached hydrogens (tertiary/aromatic N) is 1. The van der Waals surface area contributed by atoms with Crippen LogP contribution in [-0.2, 0) is 16.4 Å². The molecular weight excluding hydrogens is 266 g/mol. The molecule has 0 unspecified atom stereocenters. The molecule has 0 aliphatic rings. The van der Waals surface area contributed by atoms with Crippen molar-refractivity contribution in [3.8, 4) is 11.6 Å². The first-order valence-corrected chi connectivity index (χ1v) is 7.42. The van der Waals surface area contributed by atoms with Crippen LogP contribution in [-0.4, -0.2) is 24.8 Å². The van der Waals surface area contributed by atoms with Gasteiger partial charge in [0.2, 0.25) is 5.88 Å². The second-order valence-electron chi connectivity index (χ2n) is 4.01. The predicted molar refractivity (Wildman–Crippen MR) is 69.8 cm³/mol. The smallest absolute Gasteiger partial charge is 0.219 e. The molecule has 1 aromatic carbocycles. The van der Waals surface area contributed by atoms with Gasteiger partial charge in [-0.1, -0.05) is 0 Å². The molecule has 0 aliphatic carbocycles. The molecule has 100 valence electrons. The quantitative estimate of drug-likeness (QED) is 0.923. The highest BCUT2D eigenvalue weighted by atomic mass is 32.2. The fourth-order valence-corrected chi connectivity index (χ4v) is 2.07. The lowest BCUT2D eigenvalue weighted by molar-refractivity contribution is 0.281. The Morgan fingerprint density at radius 2 is 1.84 bits per heavy atom. The molecule has 0 aliphatic heterocycles. The number of aliphatic hydroxyl groups is 1. The van der Waals surface area contributed by atoms with Gasteiger partial charge in [-0.15, -0.1) is 0 Å². The predicted octanol–water partition coefficient (Wildman–Crippen LogP) is 1.77. The summed E-state index contributed by atoms with van der Waals surface area (Å²) < 4.78 is 28.1. The molecule has 0 saturated carbocycles. The average Bonchev–Trinajstić information content (AvgIpc) is 2.39. The highest BCUT2D eigenvalue weighted by molar-refractivity contribution is 7.90. The molecule has 0 atom stereocenters. The Labute approximate surface area is 111 Å². The van der Waals surface area contributed by atoms with E-state index in [-0.39, 0.29) is 11.5 Å². The summed E-state index contributed by atoms with van der Waals surface area (Å²) in [6.07, 6.45) is 2.66. The molecule has 6 heteroatoms. The number of sulfone groups is 1. The summed E-state index contributed by atoms with van der Waals surface area (Å²) in [6.45, 7) is -0.0731. The maximum Gasteiger partial charge on any atom is 0.219 e. The summed E-state index contributed by atoms with van der Waals surface area (Å²) >= 11 is 0. The number of ether oxygens (including phenoxy) is 1. The molecule has 0 spiro atoms. The topological polar surface area (TPSA) is 76.5 Å². The van der Waals surface area contributed by atoms with Crippen molar-refractivity contribution in [1.82, 2.24) is 4.98 Å². The van der Waals surface area contributed by atoms with E-state index in [2.05, 4.69) is 4.98 Å². The van der Waals surface area contributed by atoms with Gasteiger partial charge in [-0.05, 0) is 35.9 Å². The number of hydrogen-bond donors (Lipinski definition) is 1. The molecule has 0 radical (unpaired) electrons. The zero-order chi connectivity index (χ0) is 13.9. The van der Waals surface area contributed by atoms with E-state index in [9.17, 15) is 8.42 Å². The number of aromatic nitrogens is 1. The van der Waals surface area contributed by atoms with Crippen LogP contribution in [0.3, 0.4) is 0 Å². The Morgan fingerprint density at radius 1 is 1.16 bits per heavy atom. The van der Waals surface area contributed by atoms with Gasteiger partial charge in [-0.25, -0.2) is 13.4 Å². The minimum Gasteiger partial charge on any atom is -0.439 e. The van der Waals surface area contributed by atoms with Crippen molar-refractivity contribution in [3.63, 3.8) is 0 Å². The molecule has 19 heavy (non-hydrogen) atoms. The lowest BCUT2D eigenvalue weighted by Crippen LogP contribution is -1.96. The normalized spacial score (nSPS) is 11.3. The molecule has 1 N–H and O–H groups in total. The molecular formula is C13H13NO4S. The number of hydrogen-bond acceptors (Lipinski definition) is 5. The minimum absolute atomic E-state index is 0.0731. The van der Waals surface area contributed by atoms with Crippen molar-refractivity contribution in [2.75, 3.05) is 6.26 Å². The van der Waals surface area contributed by atoms with Crippen molar-refractivity contribution in [1.29, 1.82) is 0 Å². The molecule has 0 amide bonds. The van der Waals surface area contributed by atoms with E-state index >= 15 is 0 Å². The minimum atomic E-state index is -3.20. The van der Waals surface area contributed by atoms with Crippen LogP contribution < -0.4 is 4.74 Å². The summed E-state index contributed by atoms with van der Waals surface area (Å²) in [7, 11) is -3.20. The van der Waals surface area contributed by atoms with Gasteiger partial charge in [0.25, 0.3) is 0 Å². The number of aliphatic hydroxyl groups excluding tert-OH is 1. The fraction of sp³-hybridized carbons (Fsp3) is 0.154. The molecule has 0 fully saturated rings. The van der Waals surface area contributed by atoms with Gasteiger partial charge in [-0.2, -0.15) is 0 Å². The Kier molecular flexibility index (Phi) is 3.82. The number of benzene rings is 1. The number of pyridine rings is 1. The fourth-order valence-electron chi connectivity index (χ4n) is 1.44. The lowest BCUT2D eigenvalue weighted by Gasteiger charge is -2.05. The zero-order valence-corrected chi connectivity index (χ0v) is 11.1. The van der Waals surface area contributed by atoms with Crippen LogP contribution in [0.5, 0.6) is 11.6 Å². The van der Waals surface area contributed by atoms with Gasteiger partial charge < -0.3 is 9.84 Å². The van der Waals surface area contributed by atoms with E-state index in [0.717, 1.165) is 6.26 Å². The van der Waals surface area contributed by atoms with E-state index in [1.807, 2.05) is 0 Å². The molecule has 2 rings (SSSR count). The van der Waals surface area contributed by atoms with Crippen LogP contribution in [0.1, 0.15) is 5.56 Å². The first-order valence-electron chi connectivity index (χ1n) is 5.53. The summed E-state index contributed by atoms with van der Waals surface area (Å²) in [5.41, 5.74) is 0.694. The van der Waals surface area contributed by atoms with Crippen LogP contribution in [0.15, 0.2) is 47.5 Å². The van der Waals surface area contributed by atoms with Gasteiger partial charge in [0.05, 0.1) is 11.5 Å². The van der Waals surface area contributed by atoms with Gasteiger partial charge in [0, 0.05) is 18.5 Å². The zero-order valence-electron chi connectivity index (χ0n) is 10.3. The van der Waals surface area contributed by atoms with Crippen molar-refractivity contribution in [2.45, 2.75) is 11.5 Å². The molecule has 0 bridgehead atoms. The molecule has 1 aromatic heterocycles. The first kappa shape index (κ1) is 13.5. The summed E-state index contributed by atoms with van der Waals surface area (Å²) in [5, 5.41) is 8.89. The summed E-state index contributed by atoms with van der Waals surface area (Å²) in [4.78, 5) is 4.25. The Hall–Kier alpha value is -1.92. The summed E-state index contributed by atoms with van der Waals surface area (Å²) in [5.74, 6) is 0.876. The van der Waals surface area contributed by atoms with Crippen LogP contribution in [0, 0.1) is 0 Å². The molecule has 2 aromatic rings. The van der Waals surface area contributed by atoms with Crippen LogP contribution in [0.2, 0.25) is 0 Å². The maximum atomic E-state index is 11.3. The first-order chi connectivity index (χ1) is 8.99. The molecule has 5 nitrogen and oxygen atoms in total. The van der Waals surface area contributed by atoms with E-state index in [4.69, 9.17) is 9.84 Å². The second kappa shape index (κ2) is 5.38. The highest BCUT2D eigenvalue weighted by Gasteiger charge is 2.07. The SMILES string of the molecule is CS(=O)(=O)c1ccc(Oc2ccc(CO)cn2)cc1. The van der Waals surface area contributed by atoms with E-state index < -0.39 is 9.84 Å². The maximum absolute atomic E-state index is 11.3. The highest BCUT2D eigenvalue weighted by Crippen LogP contribution is 2.21. The third-order valence-electron chi connectivity index (χ3n) is 2.45. The lowest BCUT2D eigenvalue weighted by atomic mass is 10.3. The third kappa shape index (κ3) is 3.52. The standard InChI is InChI=1S/C13H13NO4S/c1-19(16,17)12-5-3-11(4-6-12)18-13-7-2-10(9-15)8-14-13/h2-8,15H,9H2,1H3. The molecule has 0 saturated heterocycles. The summed E-state index contributed by atoms with van der Waals surface area (Å²) in [6, 6.07) is 9.43. The van der Waals surface area contributed by atoms with E-state index in [0.29, 0.717) is 17.2 Å². The average molecular weight is 279 g/mol. The van der Waals surface area contributed by atoms with E-state index in [1.165, 1.54) is 18.3 Å². The van der Waals surface area contributed by atoms with Crippen molar-refractivity contribution >= 4 is 9.84 Å². The largest absolute Gasteiger partial charge is 0.439 e.